The highest BCUT2D eigenvalue weighted by molar-refractivity contribution is 7.99. The second-order valence-corrected chi connectivity index (χ2v) is 5.70. The molecule has 1 aliphatic carbocycles. The molecule has 0 saturated heterocycles. The Labute approximate surface area is 111 Å². The first-order valence-corrected chi connectivity index (χ1v) is 7.54. The quantitative estimate of drug-likeness (QED) is 0.889. The lowest BCUT2D eigenvalue weighted by molar-refractivity contribution is -0.133. The van der Waals surface area contributed by atoms with E-state index in [2.05, 4.69) is 14.8 Å². The minimum atomic E-state index is -0.777. The third-order valence-corrected chi connectivity index (χ3v) is 4.25. The minimum Gasteiger partial charge on any atom is -0.481 e. The van der Waals surface area contributed by atoms with E-state index in [1.165, 1.54) is 43.9 Å². The molecule has 18 heavy (non-hydrogen) atoms. The van der Waals surface area contributed by atoms with Crippen LogP contribution in [0.1, 0.15) is 49.8 Å². The first-order valence-electron chi connectivity index (χ1n) is 6.38. The Bertz CT molecular complexity index is 413. The van der Waals surface area contributed by atoms with Gasteiger partial charge in [0.05, 0.1) is 11.5 Å². The molecule has 0 aliphatic heterocycles. The van der Waals surface area contributed by atoms with Gasteiger partial charge in [-0.1, -0.05) is 19.3 Å². The van der Waals surface area contributed by atoms with E-state index in [4.69, 9.17) is 5.11 Å². The molecular formula is C12H19N3O2S. The van der Waals surface area contributed by atoms with Gasteiger partial charge < -0.3 is 9.67 Å². The number of carboxylic acids is 1. The van der Waals surface area contributed by atoms with E-state index < -0.39 is 5.97 Å². The molecular weight excluding hydrogens is 250 g/mol. The SMILES string of the molecule is Cc1nnc(CSCC(=O)O)n1C1CCCCC1. The standard InChI is InChI=1S/C12H19N3O2S/c1-9-13-14-11(7-18-8-12(16)17)15(9)10-5-3-2-4-6-10/h10H,2-8H2,1H3,(H,16,17). The van der Waals surface area contributed by atoms with Crippen LogP contribution in [0.3, 0.4) is 0 Å². The summed E-state index contributed by atoms with van der Waals surface area (Å²) < 4.78 is 2.22. The number of carboxylic acid groups (broad SMARTS) is 1. The van der Waals surface area contributed by atoms with Gasteiger partial charge in [-0.3, -0.25) is 4.79 Å². The molecule has 0 atom stereocenters. The van der Waals surface area contributed by atoms with Crippen molar-refractivity contribution in [3.63, 3.8) is 0 Å². The van der Waals surface area contributed by atoms with Crippen molar-refractivity contribution in [1.29, 1.82) is 0 Å². The van der Waals surface area contributed by atoms with Crippen LogP contribution < -0.4 is 0 Å². The van der Waals surface area contributed by atoms with Gasteiger partial charge in [-0.05, 0) is 19.8 Å². The van der Waals surface area contributed by atoms with Crippen LogP contribution in [0, 0.1) is 6.92 Å². The molecule has 1 aromatic heterocycles. The summed E-state index contributed by atoms with van der Waals surface area (Å²) in [6, 6.07) is 0.508. The predicted molar refractivity (Wildman–Crippen MR) is 70.7 cm³/mol. The van der Waals surface area contributed by atoms with Crippen molar-refractivity contribution in [2.45, 2.75) is 50.8 Å². The third kappa shape index (κ3) is 3.25. The van der Waals surface area contributed by atoms with E-state index in [9.17, 15) is 4.79 Å². The highest BCUT2D eigenvalue weighted by atomic mass is 32.2. The minimum absolute atomic E-state index is 0.122. The van der Waals surface area contributed by atoms with Crippen LogP contribution in [0.4, 0.5) is 0 Å². The molecule has 0 radical (unpaired) electrons. The summed E-state index contributed by atoms with van der Waals surface area (Å²) >= 11 is 1.38. The Morgan fingerprint density at radius 1 is 1.39 bits per heavy atom. The fraction of sp³-hybridized carbons (Fsp3) is 0.750. The molecule has 100 valence electrons. The summed E-state index contributed by atoms with van der Waals surface area (Å²) in [5, 5.41) is 17.0. The molecule has 1 saturated carbocycles. The molecule has 5 nitrogen and oxygen atoms in total. The van der Waals surface area contributed by atoms with Crippen molar-refractivity contribution in [1.82, 2.24) is 14.8 Å². The van der Waals surface area contributed by atoms with Gasteiger partial charge >= 0.3 is 5.97 Å². The van der Waals surface area contributed by atoms with Crippen LogP contribution in [-0.4, -0.2) is 31.6 Å². The Morgan fingerprint density at radius 3 is 2.78 bits per heavy atom. The molecule has 1 heterocycles. The molecule has 6 heteroatoms. The largest absolute Gasteiger partial charge is 0.481 e. The maximum absolute atomic E-state index is 10.5. The predicted octanol–water partition coefficient (Wildman–Crippen LogP) is 2.41. The smallest absolute Gasteiger partial charge is 0.313 e. The summed E-state index contributed by atoms with van der Waals surface area (Å²) in [5.74, 6) is 1.85. The summed E-state index contributed by atoms with van der Waals surface area (Å²) in [6.07, 6.45) is 6.24. The molecule has 1 aromatic rings. The summed E-state index contributed by atoms with van der Waals surface area (Å²) in [5.41, 5.74) is 0. The van der Waals surface area contributed by atoms with Crippen LogP contribution >= 0.6 is 11.8 Å². The van der Waals surface area contributed by atoms with Crippen molar-refractivity contribution < 1.29 is 9.90 Å². The number of thioether (sulfide) groups is 1. The zero-order valence-electron chi connectivity index (χ0n) is 10.6. The number of aromatic nitrogens is 3. The van der Waals surface area contributed by atoms with Gasteiger partial charge in [0.2, 0.25) is 0 Å². The number of hydrogen-bond donors (Lipinski definition) is 1. The molecule has 0 amide bonds. The fourth-order valence-corrected chi connectivity index (χ4v) is 3.21. The second kappa shape index (κ2) is 6.22. The van der Waals surface area contributed by atoms with Crippen LogP contribution in [0.25, 0.3) is 0 Å². The fourth-order valence-electron chi connectivity index (χ4n) is 2.56. The van der Waals surface area contributed by atoms with E-state index in [1.807, 2.05) is 6.92 Å². The van der Waals surface area contributed by atoms with Gasteiger partial charge in [0.1, 0.15) is 11.6 Å². The van der Waals surface area contributed by atoms with E-state index in [1.54, 1.807) is 0 Å². The van der Waals surface area contributed by atoms with Crippen molar-refractivity contribution >= 4 is 17.7 Å². The average molecular weight is 269 g/mol. The van der Waals surface area contributed by atoms with Crippen molar-refractivity contribution in [3.05, 3.63) is 11.6 Å². The molecule has 1 N–H and O–H groups in total. The Hall–Kier alpha value is -1.04. The zero-order chi connectivity index (χ0) is 13.0. The number of carbonyl (C=O) groups is 1. The zero-order valence-corrected chi connectivity index (χ0v) is 11.4. The molecule has 0 spiro atoms. The van der Waals surface area contributed by atoms with Crippen molar-refractivity contribution in [2.24, 2.45) is 0 Å². The van der Waals surface area contributed by atoms with Gasteiger partial charge in [0, 0.05) is 6.04 Å². The lowest BCUT2D eigenvalue weighted by Crippen LogP contribution is -2.16. The van der Waals surface area contributed by atoms with Gasteiger partial charge in [0.15, 0.2) is 0 Å². The molecule has 0 aromatic carbocycles. The lowest BCUT2D eigenvalue weighted by Gasteiger charge is -2.25. The van der Waals surface area contributed by atoms with E-state index in [0.29, 0.717) is 11.8 Å². The first kappa shape index (κ1) is 13.4. The number of hydrogen-bond acceptors (Lipinski definition) is 4. The molecule has 0 unspecified atom stereocenters. The summed E-state index contributed by atoms with van der Waals surface area (Å²) in [4.78, 5) is 10.5. The lowest BCUT2D eigenvalue weighted by atomic mass is 9.95. The Morgan fingerprint density at radius 2 is 2.11 bits per heavy atom. The third-order valence-electron chi connectivity index (χ3n) is 3.33. The Balaban J connectivity index is 2.03. The number of rotatable bonds is 5. The number of nitrogens with zero attached hydrogens (tertiary/aromatic N) is 3. The van der Waals surface area contributed by atoms with Crippen LogP contribution in [0.2, 0.25) is 0 Å². The second-order valence-electron chi connectivity index (χ2n) is 4.71. The maximum atomic E-state index is 10.5. The Kier molecular flexibility index (Phi) is 4.63. The van der Waals surface area contributed by atoms with Gasteiger partial charge in [0.25, 0.3) is 0 Å². The highest BCUT2D eigenvalue weighted by Crippen LogP contribution is 2.30. The highest BCUT2D eigenvalue weighted by Gasteiger charge is 2.20. The monoisotopic (exact) mass is 269 g/mol. The van der Waals surface area contributed by atoms with E-state index in [-0.39, 0.29) is 5.75 Å². The molecule has 0 bridgehead atoms. The average Bonchev–Trinajstić information content (AvgIpc) is 2.71. The summed E-state index contributed by atoms with van der Waals surface area (Å²) in [6.45, 7) is 1.98. The van der Waals surface area contributed by atoms with Crippen LogP contribution in [-0.2, 0) is 10.5 Å². The van der Waals surface area contributed by atoms with E-state index >= 15 is 0 Å². The van der Waals surface area contributed by atoms with Crippen molar-refractivity contribution in [3.8, 4) is 0 Å². The van der Waals surface area contributed by atoms with Crippen LogP contribution in [0.15, 0.2) is 0 Å². The first-order chi connectivity index (χ1) is 8.68. The summed E-state index contributed by atoms with van der Waals surface area (Å²) in [7, 11) is 0. The van der Waals surface area contributed by atoms with Gasteiger partial charge in [-0.25, -0.2) is 0 Å². The maximum Gasteiger partial charge on any atom is 0.313 e. The van der Waals surface area contributed by atoms with Gasteiger partial charge in [-0.2, -0.15) is 0 Å². The normalized spacial score (nSPS) is 16.9. The van der Waals surface area contributed by atoms with Crippen LogP contribution in [0.5, 0.6) is 0 Å². The van der Waals surface area contributed by atoms with Crippen molar-refractivity contribution in [2.75, 3.05) is 5.75 Å². The molecule has 2 rings (SSSR count). The molecule has 1 fully saturated rings. The number of aliphatic carboxylic acids is 1. The topological polar surface area (TPSA) is 68.0 Å². The van der Waals surface area contributed by atoms with Gasteiger partial charge in [-0.15, -0.1) is 22.0 Å². The number of aryl methyl sites for hydroxylation is 1. The molecule has 1 aliphatic rings. The van der Waals surface area contributed by atoms with E-state index in [0.717, 1.165) is 11.6 Å².